The second-order valence-electron chi connectivity index (χ2n) is 4.74. The van der Waals surface area contributed by atoms with Crippen LogP contribution in [0.2, 0.25) is 0 Å². The van der Waals surface area contributed by atoms with Crippen LogP contribution in [-0.4, -0.2) is 60.9 Å². The standard InChI is InChI=1S/C11H20F3N3O2/c12-11(13,14)9(18)7-17-5-1-2-8(6-17)10(19)16-4-3-15/h8-9,18H,1-7,15H2,(H,16,19). The Kier molecular flexibility index (Phi) is 6.02. The Labute approximate surface area is 109 Å². The highest BCUT2D eigenvalue weighted by Gasteiger charge is 2.40. The summed E-state index contributed by atoms with van der Waals surface area (Å²) in [6.45, 7) is 0.914. The van der Waals surface area contributed by atoms with Gasteiger partial charge in [0.25, 0.3) is 0 Å². The van der Waals surface area contributed by atoms with Crippen LogP contribution in [0.3, 0.4) is 0 Å². The number of piperidine rings is 1. The Morgan fingerprint density at radius 1 is 1.53 bits per heavy atom. The molecule has 0 radical (unpaired) electrons. The van der Waals surface area contributed by atoms with E-state index in [9.17, 15) is 18.0 Å². The van der Waals surface area contributed by atoms with E-state index < -0.39 is 18.8 Å². The normalized spacial score (nSPS) is 23.1. The average Bonchev–Trinajstić information content (AvgIpc) is 2.35. The Morgan fingerprint density at radius 3 is 2.79 bits per heavy atom. The fourth-order valence-corrected chi connectivity index (χ4v) is 2.12. The molecule has 0 bridgehead atoms. The van der Waals surface area contributed by atoms with Crippen molar-refractivity contribution >= 4 is 5.91 Å². The van der Waals surface area contributed by atoms with E-state index in [-0.39, 0.29) is 18.4 Å². The van der Waals surface area contributed by atoms with Gasteiger partial charge in [-0.1, -0.05) is 0 Å². The monoisotopic (exact) mass is 283 g/mol. The molecule has 8 heteroatoms. The molecule has 112 valence electrons. The Balaban J connectivity index is 2.44. The molecule has 1 amide bonds. The van der Waals surface area contributed by atoms with E-state index in [0.29, 0.717) is 32.5 Å². The van der Waals surface area contributed by atoms with Crippen LogP contribution in [0.25, 0.3) is 0 Å². The molecule has 0 aromatic heterocycles. The van der Waals surface area contributed by atoms with E-state index in [1.807, 2.05) is 0 Å². The minimum atomic E-state index is -4.62. The van der Waals surface area contributed by atoms with Crippen molar-refractivity contribution in [1.82, 2.24) is 10.2 Å². The number of nitrogens with one attached hydrogen (secondary N) is 1. The van der Waals surface area contributed by atoms with Gasteiger partial charge >= 0.3 is 6.18 Å². The molecule has 0 aromatic rings. The maximum atomic E-state index is 12.3. The lowest BCUT2D eigenvalue weighted by atomic mass is 9.97. The summed E-state index contributed by atoms with van der Waals surface area (Å²) in [5, 5.41) is 11.7. The van der Waals surface area contributed by atoms with Gasteiger partial charge in [-0.25, -0.2) is 0 Å². The van der Waals surface area contributed by atoms with E-state index in [4.69, 9.17) is 10.8 Å². The number of aliphatic hydroxyl groups is 1. The van der Waals surface area contributed by atoms with Crippen LogP contribution in [0.4, 0.5) is 13.2 Å². The first-order valence-electron chi connectivity index (χ1n) is 6.29. The zero-order valence-corrected chi connectivity index (χ0v) is 10.6. The first kappa shape index (κ1) is 16.2. The number of hydrogen-bond donors (Lipinski definition) is 3. The van der Waals surface area contributed by atoms with Gasteiger partial charge < -0.3 is 16.2 Å². The van der Waals surface area contributed by atoms with Gasteiger partial charge in [-0.3, -0.25) is 9.69 Å². The highest BCUT2D eigenvalue weighted by molar-refractivity contribution is 5.78. The number of alkyl halides is 3. The van der Waals surface area contributed by atoms with Crippen LogP contribution in [0.1, 0.15) is 12.8 Å². The van der Waals surface area contributed by atoms with Gasteiger partial charge in [-0.05, 0) is 19.4 Å². The molecule has 1 rings (SSSR count). The number of aliphatic hydroxyl groups excluding tert-OH is 1. The largest absolute Gasteiger partial charge is 0.415 e. The second-order valence-corrected chi connectivity index (χ2v) is 4.74. The average molecular weight is 283 g/mol. The third-order valence-corrected chi connectivity index (χ3v) is 3.13. The second kappa shape index (κ2) is 7.06. The van der Waals surface area contributed by atoms with Gasteiger partial charge in [0.2, 0.25) is 5.91 Å². The molecule has 4 N–H and O–H groups in total. The number of nitrogens with zero attached hydrogens (tertiary/aromatic N) is 1. The third-order valence-electron chi connectivity index (χ3n) is 3.13. The molecule has 1 fully saturated rings. The molecule has 1 heterocycles. The van der Waals surface area contributed by atoms with Crippen LogP contribution < -0.4 is 11.1 Å². The molecule has 5 nitrogen and oxygen atoms in total. The highest BCUT2D eigenvalue weighted by atomic mass is 19.4. The summed E-state index contributed by atoms with van der Waals surface area (Å²) < 4.78 is 36.8. The fraction of sp³-hybridized carbons (Fsp3) is 0.909. The van der Waals surface area contributed by atoms with Gasteiger partial charge in [-0.2, -0.15) is 13.2 Å². The van der Waals surface area contributed by atoms with E-state index in [1.54, 1.807) is 0 Å². The van der Waals surface area contributed by atoms with E-state index >= 15 is 0 Å². The summed E-state index contributed by atoms with van der Waals surface area (Å²) in [6, 6.07) is 0. The summed E-state index contributed by atoms with van der Waals surface area (Å²) in [5.41, 5.74) is 5.26. The van der Waals surface area contributed by atoms with Crippen molar-refractivity contribution in [3.63, 3.8) is 0 Å². The first-order chi connectivity index (χ1) is 8.84. The van der Waals surface area contributed by atoms with Crippen LogP contribution in [0.5, 0.6) is 0 Å². The molecular weight excluding hydrogens is 263 g/mol. The summed E-state index contributed by atoms with van der Waals surface area (Å²) >= 11 is 0. The van der Waals surface area contributed by atoms with Crippen molar-refractivity contribution in [3.05, 3.63) is 0 Å². The first-order valence-corrected chi connectivity index (χ1v) is 6.29. The summed E-state index contributed by atoms with van der Waals surface area (Å²) in [6.07, 6.45) is -5.69. The molecule has 2 unspecified atom stereocenters. The maximum Gasteiger partial charge on any atom is 0.415 e. The SMILES string of the molecule is NCCNC(=O)C1CCCN(CC(O)C(F)(F)F)C1. The topological polar surface area (TPSA) is 78.6 Å². The van der Waals surface area contributed by atoms with Crippen molar-refractivity contribution in [3.8, 4) is 0 Å². The van der Waals surface area contributed by atoms with Gasteiger partial charge in [0.1, 0.15) is 0 Å². The number of carbonyl (C=O) groups is 1. The molecule has 0 aliphatic carbocycles. The number of halogens is 3. The predicted molar refractivity (Wildman–Crippen MR) is 63.3 cm³/mol. The van der Waals surface area contributed by atoms with Crippen molar-refractivity contribution in [2.75, 3.05) is 32.7 Å². The Bertz CT molecular complexity index is 299. The molecular formula is C11H20F3N3O2. The van der Waals surface area contributed by atoms with Crippen LogP contribution in [0, 0.1) is 5.92 Å². The number of likely N-dealkylation sites (tertiary alicyclic amines) is 1. The number of carbonyl (C=O) groups excluding carboxylic acids is 1. The van der Waals surface area contributed by atoms with Crippen molar-refractivity contribution in [1.29, 1.82) is 0 Å². The molecule has 0 saturated carbocycles. The fourth-order valence-electron chi connectivity index (χ4n) is 2.12. The molecule has 1 saturated heterocycles. The molecule has 0 aromatic carbocycles. The minimum Gasteiger partial charge on any atom is -0.382 e. The number of amides is 1. The summed E-state index contributed by atoms with van der Waals surface area (Å²) in [4.78, 5) is 13.2. The molecule has 19 heavy (non-hydrogen) atoms. The van der Waals surface area contributed by atoms with Gasteiger partial charge in [0, 0.05) is 26.2 Å². The highest BCUT2D eigenvalue weighted by Crippen LogP contribution is 2.23. The summed E-state index contributed by atoms with van der Waals surface area (Å²) in [5.74, 6) is -0.516. The molecule has 0 spiro atoms. The van der Waals surface area contributed by atoms with Crippen LogP contribution in [-0.2, 0) is 4.79 Å². The van der Waals surface area contributed by atoms with Crippen LogP contribution >= 0.6 is 0 Å². The predicted octanol–water partition coefficient (Wildman–Crippen LogP) is -0.304. The quantitative estimate of drug-likeness (QED) is 0.647. The summed E-state index contributed by atoms with van der Waals surface area (Å²) in [7, 11) is 0. The maximum absolute atomic E-state index is 12.3. The van der Waals surface area contributed by atoms with Crippen LogP contribution in [0.15, 0.2) is 0 Å². The zero-order chi connectivity index (χ0) is 14.5. The lowest BCUT2D eigenvalue weighted by Gasteiger charge is -2.33. The van der Waals surface area contributed by atoms with E-state index in [2.05, 4.69) is 5.32 Å². The molecule has 2 atom stereocenters. The van der Waals surface area contributed by atoms with Crippen molar-refractivity contribution in [2.24, 2.45) is 11.7 Å². The Hall–Kier alpha value is -0.860. The number of β-amino-alcohol motifs (C(OH)–C–C–N with tert-alkyl or cyclic N) is 1. The van der Waals surface area contributed by atoms with E-state index in [0.717, 1.165) is 0 Å². The van der Waals surface area contributed by atoms with Gasteiger partial charge in [0.05, 0.1) is 5.92 Å². The Morgan fingerprint density at radius 2 is 2.21 bits per heavy atom. The minimum absolute atomic E-state index is 0.184. The lowest BCUT2D eigenvalue weighted by Crippen LogP contribution is -2.48. The van der Waals surface area contributed by atoms with Gasteiger partial charge in [-0.15, -0.1) is 0 Å². The molecule has 1 aliphatic heterocycles. The van der Waals surface area contributed by atoms with Crippen molar-refractivity contribution < 1.29 is 23.1 Å². The van der Waals surface area contributed by atoms with Gasteiger partial charge in [0.15, 0.2) is 6.10 Å². The lowest BCUT2D eigenvalue weighted by molar-refractivity contribution is -0.209. The third kappa shape index (κ3) is 5.33. The molecule has 1 aliphatic rings. The smallest absolute Gasteiger partial charge is 0.382 e. The van der Waals surface area contributed by atoms with Crippen molar-refractivity contribution in [2.45, 2.75) is 25.1 Å². The van der Waals surface area contributed by atoms with E-state index in [1.165, 1.54) is 4.90 Å². The number of rotatable bonds is 5. The number of nitrogens with two attached hydrogens (primary N) is 1. The zero-order valence-electron chi connectivity index (χ0n) is 10.6. The number of hydrogen-bond acceptors (Lipinski definition) is 4.